The zero-order valence-corrected chi connectivity index (χ0v) is 15.5. The van der Waals surface area contributed by atoms with E-state index >= 15 is 0 Å². The number of aromatic hydroxyl groups is 1. The molecule has 3 heterocycles. The predicted octanol–water partition coefficient (Wildman–Crippen LogP) is 2.43. The number of ether oxygens (including phenoxy) is 1. The Kier molecular flexibility index (Phi) is 4.30. The lowest BCUT2D eigenvalue weighted by Gasteiger charge is -2.27. The van der Waals surface area contributed by atoms with Crippen LogP contribution in [-0.2, 0) is 6.54 Å². The third-order valence-electron chi connectivity index (χ3n) is 5.33. The summed E-state index contributed by atoms with van der Waals surface area (Å²) in [6, 6.07) is 7.39. The number of aromatic amines is 1. The number of phenols is 1. The van der Waals surface area contributed by atoms with Gasteiger partial charge in [-0.05, 0) is 30.3 Å². The molecule has 7 nitrogen and oxygen atoms in total. The Bertz CT molecular complexity index is 1150. The second-order valence-electron chi connectivity index (χ2n) is 7.20. The number of phenolic OH excluding ortho intramolecular Hbond substituents is 1. The van der Waals surface area contributed by atoms with Gasteiger partial charge in [0.15, 0.2) is 5.76 Å². The third-order valence-corrected chi connectivity index (χ3v) is 5.33. The number of fused-ring (bicyclic) bond motifs is 2. The number of Topliss-reactive ketones (excluding diaryl/α,β-unsaturated/α-hetero) is 1. The van der Waals surface area contributed by atoms with Crippen LogP contribution in [0.3, 0.4) is 0 Å². The second kappa shape index (κ2) is 6.98. The van der Waals surface area contributed by atoms with Crippen molar-refractivity contribution in [3.63, 3.8) is 0 Å². The van der Waals surface area contributed by atoms with Crippen molar-refractivity contribution in [3.8, 4) is 11.5 Å². The highest BCUT2D eigenvalue weighted by molar-refractivity contribution is 6.15. The van der Waals surface area contributed by atoms with E-state index in [4.69, 9.17) is 4.74 Å². The largest absolute Gasteiger partial charge is 0.507 e. The van der Waals surface area contributed by atoms with Gasteiger partial charge < -0.3 is 15.2 Å². The van der Waals surface area contributed by atoms with Crippen LogP contribution in [0.1, 0.15) is 21.6 Å². The average Bonchev–Trinajstić information content (AvgIpc) is 3.26. The van der Waals surface area contributed by atoms with Crippen molar-refractivity contribution in [2.24, 2.45) is 0 Å². The van der Waals surface area contributed by atoms with Crippen LogP contribution in [0.5, 0.6) is 11.5 Å². The van der Waals surface area contributed by atoms with Crippen molar-refractivity contribution in [2.75, 3.05) is 26.2 Å². The Balaban J connectivity index is 1.50. The van der Waals surface area contributed by atoms with E-state index in [-0.39, 0.29) is 23.1 Å². The van der Waals surface area contributed by atoms with E-state index in [1.165, 1.54) is 24.3 Å². The van der Waals surface area contributed by atoms with Crippen molar-refractivity contribution in [1.82, 2.24) is 20.4 Å². The van der Waals surface area contributed by atoms with E-state index in [2.05, 4.69) is 20.4 Å². The van der Waals surface area contributed by atoms with Crippen LogP contribution in [0.2, 0.25) is 0 Å². The van der Waals surface area contributed by atoms with Gasteiger partial charge in [0.05, 0.1) is 22.3 Å². The first-order valence-electron chi connectivity index (χ1n) is 9.46. The minimum absolute atomic E-state index is 0.101. The normalized spacial score (nSPS) is 18.4. The highest BCUT2D eigenvalue weighted by Crippen LogP contribution is 2.40. The molecule has 0 aliphatic carbocycles. The quantitative estimate of drug-likeness (QED) is 0.591. The highest BCUT2D eigenvalue weighted by Gasteiger charge is 2.32. The molecule has 0 saturated carbocycles. The van der Waals surface area contributed by atoms with Crippen LogP contribution in [0.4, 0.5) is 4.39 Å². The second-order valence-corrected chi connectivity index (χ2v) is 7.20. The fourth-order valence-electron chi connectivity index (χ4n) is 3.78. The number of hydrogen-bond acceptors (Lipinski definition) is 6. The summed E-state index contributed by atoms with van der Waals surface area (Å²) in [7, 11) is 0. The van der Waals surface area contributed by atoms with Crippen molar-refractivity contribution >= 4 is 22.8 Å². The zero-order valence-electron chi connectivity index (χ0n) is 15.5. The Morgan fingerprint density at radius 1 is 1.24 bits per heavy atom. The first-order chi connectivity index (χ1) is 14.1. The fourth-order valence-corrected chi connectivity index (χ4v) is 3.78. The van der Waals surface area contributed by atoms with Gasteiger partial charge in [-0.1, -0.05) is 0 Å². The lowest BCUT2D eigenvalue weighted by atomic mass is 10.0. The van der Waals surface area contributed by atoms with Crippen LogP contribution in [0, 0.1) is 5.82 Å². The minimum atomic E-state index is -0.385. The lowest BCUT2D eigenvalue weighted by Crippen LogP contribution is -2.42. The van der Waals surface area contributed by atoms with Gasteiger partial charge >= 0.3 is 0 Å². The number of nitrogens with zero attached hydrogens (tertiary/aromatic N) is 2. The van der Waals surface area contributed by atoms with Crippen LogP contribution < -0.4 is 10.1 Å². The van der Waals surface area contributed by atoms with E-state index < -0.39 is 0 Å². The molecule has 0 unspecified atom stereocenters. The maximum atomic E-state index is 13.6. The number of piperazine rings is 1. The molecular formula is C21H19FN4O3. The van der Waals surface area contributed by atoms with E-state index in [1.54, 1.807) is 12.1 Å². The van der Waals surface area contributed by atoms with E-state index in [0.29, 0.717) is 40.0 Å². The Hall–Kier alpha value is -3.23. The van der Waals surface area contributed by atoms with Crippen molar-refractivity contribution in [3.05, 3.63) is 58.7 Å². The summed E-state index contributed by atoms with van der Waals surface area (Å²) < 4.78 is 19.5. The molecule has 0 amide bonds. The topological polar surface area (TPSA) is 90.5 Å². The number of carbonyl (C=O) groups excluding carboxylic acids is 1. The summed E-state index contributed by atoms with van der Waals surface area (Å²) in [5.74, 6) is -0.0860. The molecule has 1 fully saturated rings. The number of H-pyrrole nitrogens is 1. The van der Waals surface area contributed by atoms with Crippen molar-refractivity contribution < 1.29 is 19.0 Å². The Morgan fingerprint density at radius 2 is 2.07 bits per heavy atom. The van der Waals surface area contributed by atoms with Gasteiger partial charge in [0, 0.05) is 44.2 Å². The first kappa shape index (κ1) is 17.8. The van der Waals surface area contributed by atoms with Crippen molar-refractivity contribution in [1.29, 1.82) is 0 Å². The molecule has 148 valence electrons. The molecule has 3 N–H and O–H groups in total. The molecule has 8 heteroatoms. The maximum absolute atomic E-state index is 13.6. The molecule has 1 aromatic heterocycles. The molecule has 0 spiro atoms. The van der Waals surface area contributed by atoms with Gasteiger partial charge in [-0.2, -0.15) is 5.10 Å². The lowest BCUT2D eigenvalue weighted by molar-refractivity contribution is 0.101. The van der Waals surface area contributed by atoms with Crippen molar-refractivity contribution in [2.45, 2.75) is 6.54 Å². The van der Waals surface area contributed by atoms with Crippen LogP contribution in [0.25, 0.3) is 17.0 Å². The van der Waals surface area contributed by atoms with E-state index in [1.807, 2.05) is 0 Å². The standard InChI is InChI=1S/C21H19FN4O3/c22-12-1-3-16-14(9-12)17(25-24-16)10-19-20(28)13-2-4-18(27)15(21(13)29-19)11-26-7-5-23-6-8-26/h1-4,9-10,23,27H,5-8,11H2,(H,24,25)/b19-10-. The molecule has 0 atom stereocenters. The number of allylic oxidation sites excluding steroid dienone is 1. The number of hydrogen-bond donors (Lipinski definition) is 3. The third kappa shape index (κ3) is 3.16. The molecule has 2 aliphatic heterocycles. The number of nitrogens with one attached hydrogen (secondary N) is 2. The highest BCUT2D eigenvalue weighted by atomic mass is 19.1. The van der Waals surface area contributed by atoms with Crippen LogP contribution >= 0.6 is 0 Å². The predicted molar refractivity (Wildman–Crippen MR) is 105 cm³/mol. The summed E-state index contributed by atoms with van der Waals surface area (Å²) in [6.07, 6.45) is 1.51. The molecule has 29 heavy (non-hydrogen) atoms. The Labute approximate surface area is 165 Å². The molecule has 5 rings (SSSR count). The number of halogens is 1. The van der Waals surface area contributed by atoms with Gasteiger partial charge in [-0.3, -0.25) is 14.8 Å². The van der Waals surface area contributed by atoms with Gasteiger partial charge in [0.2, 0.25) is 5.78 Å². The van der Waals surface area contributed by atoms with E-state index in [0.717, 1.165) is 26.2 Å². The molecular weight excluding hydrogens is 375 g/mol. The molecule has 1 saturated heterocycles. The summed E-state index contributed by atoms with van der Waals surface area (Å²) >= 11 is 0. The first-order valence-corrected chi connectivity index (χ1v) is 9.46. The average molecular weight is 394 g/mol. The van der Waals surface area contributed by atoms with Gasteiger partial charge in [-0.25, -0.2) is 4.39 Å². The van der Waals surface area contributed by atoms with Crippen LogP contribution in [0.15, 0.2) is 36.1 Å². The molecule has 2 aromatic carbocycles. The number of rotatable bonds is 3. The van der Waals surface area contributed by atoms with Crippen LogP contribution in [-0.4, -0.2) is 52.2 Å². The summed E-state index contributed by atoms with van der Waals surface area (Å²) in [6.45, 7) is 3.95. The minimum Gasteiger partial charge on any atom is -0.507 e. The number of ketones is 1. The molecule has 0 radical (unpaired) electrons. The molecule has 0 bridgehead atoms. The monoisotopic (exact) mass is 394 g/mol. The SMILES string of the molecule is O=C1/C(=C/c2n[nH]c3ccc(F)cc23)Oc2c1ccc(O)c2CN1CCNCC1. The fraction of sp³-hybridized carbons (Fsp3) is 0.238. The van der Waals surface area contributed by atoms with Gasteiger partial charge in [-0.15, -0.1) is 0 Å². The number of aromatic nitrogens is 2. The summed E-state index contributed by atoms with van der Waals surface area (Å²) in [5.41, 5.74) is 2.09. The summed E-state index contributed by atoms with van der Waals surface area (Å²) in [5, 5.41) is 21.2. The number of benzene rings is 2. The van der Waals surface area contributed by atoms with E-state index in [9.17, 15) is 14.3 Å². The van der Waals surface area contributed by atoms with Gasteiger partial charge in [0.25, 0.3) is 0 Å². The summed E-state index contributed by atoms with van der Waals surface area (Å²) in [4.78, 5) is 15.1. The molecule has 3 aromatic rings. The molecule has 2 aliphatic rings. The van der Waals surface area contributed by atoms with Gasteiger partial charge in [0.1, 0.15) is 17.3 Å². The zero-order chi connectivity index (χ0) is 20.0. The number of carbonyl (C=O) groups is 1. The maximum Gasteiger partial charge on any atom is 0.232 e. The Morgan fingerprint density at radius 3 is 2.90 bits per heavy atom. The smallest absolute Gasteiger partial charge is 0.232 e.